The molecular formula is C16H14N4O3S2. The Labute approximate surface area is 151 Å². The molecule has 1 amide bonds. The van der Waals surface area contributed by atoms with Gasteiger partial charge in [-0.25, -0.2) is 0 Å². The lowest BCUT2D eigenvalue weighted by Crippen LogP contribution is -2.41. The number of thiophene rings is 2. The maximum absolute atomic E-state index is 12.9. The first-order valence-corrected chi connectivity index (χ1v) is 9.46. The van der Waals surface area contributed by atoms with Gasteiger partial charge in [0.2, 0.25) is 5.91 Å². The van der Waals surface area contributed by atoms with Gasteiger partial charge < -0.3 is 15.0 Å². The number of amides is 1. The number of rotatable bonds is 4. The average Bonchev–Trinajstić information content (AvgIpc) is 3.34. The molecule has 0 radical (unpaired) electrons. The van der Waals surface area contributed by atoms with Crippen molar-refractivity contribution in [3.8, 4) is 0 Å². The number of nitro groups is 1. The van der Waals surface area contributed by atoms with Crippen LogP contribution in [0.15, 0.2) is 41.2 Å². The van der Waals surface area contributed by atoms with E-state index in [-0.39, 0.29) is 24.3 Å². The SMILES string of the molecule is O=C(Cn1ccc([N+](=O)[O-])n1)N1CCc2sccc2C1c1cccs1. The zero-order chi connectivity index (χ0) is 17.4. The first kappa shape index (κ1) is 16.0. The van der Waals surface area contributed by atoms with Gasteiger partial charge in [0.15, 0.2) is 0 Å². The second kappa shape index (κ2) is 6.41. The summed E-state index contributed by atoms with van der Waals surface area (Å²) in [6, 6.07) is 7.33. The van der Waals surface area contributed by atoms with Crippen LogP contribution in [0.2, 0.25) is 0 Å². The number of carbonyl (C=O) groups is 1. The van der Waals surface area contributed by atoms with E-state index in [4.69, 9.17) is 0 Å². The molecule has 1 unspecified atom stereocenters. The lowest BCUT2D eigenvalue weighted by molar-refractivity contribution is -0.389. The number of fused-ring (bicyclic) bond motifs is 1. The first-order valence-electron chi connectivity index (χ1n) is 7.70. The maximum atomic E-state index is 12.9. The van der Waals surface area contributed by atoms with Crippen molar-refractivity contribution in [2.45, 2.75) is 19.0 Å². The van der Waals surface area contributed by atoms with E-state index in [1.54, 1.807) is 22.7 Å². The molecule has 0 fully saturated rings. The van der Waals surface area contributed by atoms with Crippen LogP contribution >= 0.6 is 22.7 Å². The van der Waals surface area contributed by atoms with Crippen LogP contribution in [0.1, 0.15) is 21.4 Å². The summed E-state index contributed by atoms with van der Waals surface area (Å²) < 4.78 is 1.33. The molecule has 0 saturated carbocycles. The molecule has 0 aliphatic carbocycles. The van der Waals surface area contributed by atoms with Gasteiger partial charge >= 0.3 is 5.82 Å². The molecule has 0 spiro atoms. The minimum absolute atomic E-state index is 0.00478. The van der Waals surface area contributed by atoms with Crippen LogP contribution in [0.5, 0.6) is 0 Å². The van der Waals surface area contributed by atoms with Crippen molar-refractivity contribution in [3.05, 3.63) is 66.7 Å². The molecule has 7 nitrogen and oxygen atoms in total. The molecule has 0 N–H and O–H groups in total. The molecule has 1 atom stereocenters. The van der Waals surface area contributed by atoms with E-state index in [9.17, 15) is 14.9 Å². The second-order valence-electron chi connectivity index (χ2n) is 5.68. The summed E-state index contributed by atoms with van der Waals surface area (Å²) in [6.07, 6.45) is 2.30. The van der Waals surface area contributed by atoms with Crippen LogP contribution in [0.25, 0.3) is 0 Å². The third-order valence-corrected chi connectivity index (χ3v) is 6.13. The van der Waals surface area contributed by atoms with E-state index >= 15 is 0 Å². The van der Waals surface area contributed by atoms with Crippen molar-refractivity contribution < 1.29 is 9.72 Å². The van der Waals surface area contributed by atoms with Crippen molar-refractivity contribution in [2.24, 2.45) is 0 Å². The number of aromatic nitrogens is 2. The summed E-state index contributed by atoms with van der Waals surface area (Å²) in [4.78, 5) is 27.4. The Morgan fingerprint density at radius 3 is 2.92 bits per heavy atom. The number of carbonyl (C=O) groups excluding carboxylic acids is 1. The van der Waals surface area contributed by atoms with E-state index in [0.717, 1.165) is 11.3 Å². The fraction of sp³-hybridized carbons (Fsp3) is 0.250. The molecular weight excluding hydrogens is 360 g/mol. The predicted molar refractivity (Wildman–Crippen MR) is 94.8 cm³/mol. The van der Waals surface area contributed by atoms with Gasteiger partial charge in [0.25, 0.3) is 0 Å². The molecule has 128 valence electrons. The first-order chi connectivity index (χ1) is 12.1. The smallest absolute Gasteiger partial charge is 0.358 e. The fourth-order valence-corrected chi connectivity index (χ4v) is 4.86. The van der Waals surface area contributed by atoms with E-state index < -0.39 is 4.92 Å². The molecule has 0 bridgehead atoms. The monoisotopic (exact) mass is 374 g/mol. The third-order valence-electron chi connectivity index (χ3n) is 4.21. The quantitative estimate of drug-likeness (QED) is 0.519. The number of hydrogen-bond donors (Lipinski definition) is 0. The number of nitrogens with zero attached hydrogens (tertiary/aromatic N) is 4. The topological polar surface area (TPSA) is 81.3 Å². The van der Waals surface area contributed by atoms with Gasteiger partial charge in [-0.15, -0.1) is 22.7 Å². The van der Waals surface area contributed by atoms with Gasteiger partial charge in [-0.2, -0.15) is 4.68 Å². The van der Waals surface area contributed by atoms with Gasteiger partial charge in [0.1, 0.15) is 6.54 Å². The van der Waals surface area contributed by atoms with Crippen molar-refractivity contribution in [2.75, 3.05) is 6.54 Å². The summed E-state index contributed by atoms with van der Waals surface area (Å²) >= 11 is 3.36. The van der Waals surface area contributed by atoms with Crippen LogP contribution in [-0.4, -0.2) is 32.1 Å². The zero-order valence-electron chi connectivity index (χ0n) is 13.1. The normalized spacial score (nSPS) is 16.6. The summed E-state index contributed by atoms with van der Waals surface area (Å²) in [5, 5.41) is 18.7. The summed E-state index contributed by atoms with van der Waals surface area (Å²) in [5.74, 6) is -0.338. The predicted octanol–water partition coefficient (Wildman–Crippen LogP) is 3.09. The van der Waals surface area contributed by atoms with E-state index in [1.165, 1.54) is 27.4 Å². The van der Waals surface area contributed by atoms with Crippen LogP contribution in [0, 0.1) is 10.1 Å². The van der Waals surface area contributed by atoms with Crippen molar-refractivity contribution in [1.82, 2.24) is 14.7 Å². The Kier molecular flexibility index (Phi) is 4.10. The van der Waals surface area contributed by atoms with Crippen molar-refractivity contribution in [3.63, 3.8) is 0 Å². The third kappa shape index (κ3) is 2.96. The second-order valence-corrected chi connectivity index (χ2v) is 7.66. The Morgan fingerprint density at radius 2 is 2.20 bits per heavy atom. The highest BCUT2D eigenvalue weighted by atomic mass is 32.1. The standard InChI is InChI=1S/C16H14N4O3S2/c21-15(10-18-6-4-14(17-18)20(22)23)19-7-3-12-11(5-9-25-12)16(19)13-2-1-8-24-13/h1-2,4-6,8-9,16H,3,7,10H2. The van der Waals surface area contributed by atoms with Gasteiger partial charge in [-0.05, 0) is 39.8 Å². The lowest BCUT2D eigenvalue weighted by Gasteiger charge is -2.35. The van der Waals surface area contributed by atoms with E-state index in [1.807, 2.05) is 22.4 Å². The molecule has 4 heterocycles. The summed E-state index contributed by atoms with van der Waals surface area (Å²) in [7, 11) is 0. The molecule has 1 aliphatic heterocycles. The van der Waals surface area contributed by atoms with Crippen LogP contribution < -0.4 is 0 Å². The zero-order valence-corrected chi connectivity index (χ0v) is 14.7. The molecule has 4 rings (SSSR count). The minimum Gasteiger partial charge on any atom is -0.358 e. The summed E-state index contributed by atoms with van der Waals surface area (Å²) in [6.45, 7) is 0.632. The van der Waals surface area contributed by atoms with Crippen LogP contribution in [0.4, 0.5) is 5.82 Å². The molecule has 1 aliphatic rings. The number of hydrogen-bond acceptors (Lipinski definition) is 6. The van der Waals surface area contributed by atoms with Crippen LogP contribution in [-0.2, 0) is 17.8 Å². The Bertz CT molecular complexity index is 916. The molecule has 3 aromatic rings. The van der Waals surface area contributed by atoms with Crippen LogP contribution in [0.3, 0.4) is 0 Å². The summed E-state index contributed by atoms with van der Waals surface area (Å²) in [5.41, 5.74) is 1.18. The lowest BCUT2D eigenvalue weighted by atomic mass is 9.98. The minimum atomic E-state index is -0.562. The Hall–Kier alpha value is -2.52. The van der Waals surface area contributed by atoms with Gasteiger partial charge in [-0.3, -0.25) is 4.79 Å². The highest BCUT2D eigenvalue weighted by Gasteiger charge is 2.33. The molecule has 25 heavy (non-hydrogen) atoms. The average molecular weight is 374 g/mol. The molecule has 3 aromatic heterocycles. The Morgan fingerprint density at radius 1 is 1.32 bits per heavy atom. The van der Waals surface area contributed by atoms with Gasteiger partial charge in [0.05, 0.1) is 23.4 Å². The van der Waals surface area contributed by atoms with Crippen molar-refractivity contribution >= 4 is 34.4 Å². The van der Waals surface area contributed by atoms with E-state index in [0.29, 0.717) is 6.54 Å². The molecule has 0 aromatic carbocycles. The van der Waals surface area contributed by atoms with Gasteiger partial charge in [0, 0.05) is 16.3 Å². The molecule has 0 saturated heterocycles. The Balaban J connectivity index is 1.61. The fourth-order valence-electron chi connectivity index (χ4n) is 3.10. The highest BCUT2D eigenvalue weighted by Crippen LogP contribution is 2.39. The maximum Gasteiger partial charge on any atom is 0.389 e. The molecule has 9 heteroatoms. The van der Waals surface area contributed by atoms with E-state index in [2.05, 4.69) is 16.5 Å². The highest BCUT2D eigenvalue weighted by molar-refractivity contribution is 7.10. The largest absolute Gasteiger partial charge is 0.389 e. The van der Waals surface area contributed by atoms with Gasteiger partial charge in [-0.1, -0.05) is 6.07 Å². The van der Waals surface area contributed by atoms with Crippen molar-refractivity contribution in [1.29, 1.82) is 0 Å².